The molecule has 1 saturated heterocycles. The second kappa shape index (κ2) is 6.11. The molecule has 1 aliphatic rings. The molecule has 5 nitrogen and oxygen atoms in total. The maximum Gasteiger partial charge on any atom is 0.225 e. The number of nitrogens with two attached hydrogens (primary N) is 1. The average Bonchev–Trinajstić information content (AvgIpc) is 2.54. The van der Waals surface area contributed by atoms with Crippen LogP contribution in [0.3, 0.4) is 0 Å². The normalized spacial score (nSPS) is 17.8. The third kappa shape index (κ3) is 3.40. The summed E-state index contributed by atoms with van der Waals surface area (Å²) in [6.45, 7) is 9.97. The van der Waals surface area contributed by atoms with Gasteiger partial charge >= 0.3 is 0 Å². The van der Waals surface area contributed by atoms with Crippen molar-refractivity contribution in [3.63, 3.8) is 0 Å². The lowest BCUT2D eigenvalue weighted by molar-refractivity contribution is 0.302. The van der Waals surface area contributed by atoms with Gasteiger partial charge in [-0.3, -0.25) is 0 Å². The molecule has 0 spiro atoms. The van der Waals surface area contributed by atoms with Crippen LogP contribution < -0.4 is 10.6 Å². The van der Waals surface area contributed by atoms with Gasteiger partial charge in [0.2, 0.25) is 5.95 Å². The first kappa shape index (κ1) is 13.2. The summed E-state index contributed by atoms with van der Waals surface area (Å²) in [4.78, 5) is 13.8. The van der Waals surface area contributed by atoms with Gasteiger partial charge in [0.25, 0.3) is 0 Å². The highest BCUT2D eigenvalue weighted by Gasteiger charge is 2.16. The monoisotopic (exact) mass is 249 g/mol. The maximum absolute atomic E-state index is 5.62. The number of aryl methyl sites for hydroxylation is 2. The first-order chi connectivity index (χ1) is 8.69. The molecule has 0 radical (unpaired) electrons. The first-order valence-corrected chi connectivity index (χ1v) is 6.68. The summed E-state index contributed by atoms with van der Waals surface area (Å²) in [5, 5.41) is 0. The van der Waals surface area contributed by atoms with Gasteiger partial charge in [0.1, 0.15) is 0 Å². The van der Waals surface area contributed by atoms with E-state index in [1.54, 1.807) is 0 Å². The van der Waals surface area contributed by atoms with E-state index in [1.807, 2.05) is 19.9 Å². The van der Waals surface area contributed by atoms with E-state index in [-0.39, 0.29) is 0 Å². The van der Waals surface area contributed by atoms with Crippen molar-refractivity contribution in [2.75, 3.05) is 44.2 Å². The van der Waals surface area contributed by atoms with E-state index < -0.39 is 0 Å². The number of anilines is 1. The molecule has 2 N–H and O–H groups in total. The molecule has 0 aromatic carbocycles. The quantitative estimate of drug-likeness (QED) is 0.848. The lowest BCUT2D eigenvalue weighted by Gasteiger charge is -2.22. The predicted octanol–water partition coefficient (Wildman–Crippen LogP) is 0.564. The van der Waals surface area contributed by atoms with Crippen LogP contribution in [0.2, 0.25) is 0 Å². The Morgan fingerprint density at radius 3 is 2.50 bits per heavy atom. The van der Waals surface area contributed by atoms with Crippen LogP contribution in [0.25, 0.3) is 0 Å². The average molecular weight is 249 g/mol. The molecule has 100 valence electrons. The maximum atomic E-state index is 5.62. The third-order valence-corrected chi connectivity index (χ3v) is 3.29. The molecular formula is C13H23N5. The van der Waals surface area contributed by atoms with Gasteiger partial charge in [0, 0.05) is 44.1 Å². The number of hydrogen-bond acceptors (Lipinski definition) is 5. The van der Waals surface area contributed by atoms with Crippen molar-refractivity contribution in [1.82, 2.24) is 14.9 Å². The Hall–Kier alpha value is -1.20. The third-order valence-electron chi connectivity index (χ3n) is 3.29. The van der Waals surface area contributed by atoms with Gasteiger partial charge in [-0.15, -0.1) is 0 Å². The molecule has 2 heterocycles. The molecule has 1 aromatic rings. The summed E-state index contributed by atoms with van der Waals surface area (Å²) in [6, 6.07) is 2.02. The van der Waals surface area contributed by atoms with Crippen LogP contribution in [0.4, 0.5) is 5.95 Å². The first-order valence-electron chi connectivity index (χ1n) is 6.68. The van der Waals surface area contributed by atoms with Gasteiger partial charge in [-0.1, -0.05) is 0 Å². The number of nitrogens with zero attached hydrogens (tertiary/aromatic N) is 4. The molecule has 0 unspecified atom stereocenters. The predicted molar refractivity (Wildman–Crippen MR) is 73.8 cm³/mol. The van der Waals surface area contributed by atoms with E-state index in [4.69, 9.17) is 5.73 Å². The fraction of sp³-hybridized carbons (Fsp3) is 0.692. The van der Waals surface area contributed by atoms with Gasteiger partial charge in [-0.25, -0.2) is 9.97 Å². The molecule has 5 heteroatoms. The molecule has 0 saturated carbocycles. The van der Waals surface area contributed by atoms with Crippen LogP contribution in [0, 0.1) is 13.8 Å². The van der Waals surface area contributed by atoms with E-state index >= 15 is 0 Å². The summed E-state index contributed by atoms with van der Waals surface area (Å²) in [5.41, 5.74) is 7.70. The minimum atomic E-state index is 0.736. The minimum Gasteiger partial charge on any atom is -0.339 e. The largest absolute Gasteiger partial charge is 0.339 e. The van der Waals surface area contributed by atoms with Crippen LogP contribution in [0.1, 0.15) is 17.8 Å². The van der Waals surface area contributed by atoms with Gasteiger partial charge in [-0.2, -0.15) is 0 Å². The van der Waals surface area contributed by atoms with Crippen molar-refractivity contribution < 1.29 is 0 Å². The van der Waals surface area contributed by atoms with Crippen molar-refractivity contribution >= 4 is 5.95 Å². The highest BCUT2D eigenvalue weighted by Crippen LogP contribution is 2.12. The lowest BCUT2D eigenvalue weighted by Crippen LogP contribution is -2.34. The van der Waals surface area contributed by atoms with Gasteiger partial charge in [-0.05, 0) is 32.9 Å². The smallest absolute Gasteiger partial charge is 0.225 e. The van der Waals surface area contributed by atoms with Crippen LogP contribution in [0.5, 0.6) is 0 Å². The second-order valence-electron chi connectivity index (χ2n) is 4.92. The van der Waals surface area contributed by atoms with Crippen molar-refractivity contribution in [3.05, 3.63) is 17.5 Å². The van der Waals surface area contributed by atoms with E-state index in [9.17, 15) is 0 Å². The number of hydrogen-bond donors (Lipinski definition) is 1. The molecule has 18 heavy (non-hydrogen) atoms. The standard InChI is InChI=1S/C13H23N5/c1-11-10-12(2)16-13(15-11)18-6-3-5-17(7-4-14)8-9-18/h10H,3-9,14H2,1-2H3. The molecule has 0 atom stereocenters. The van der Waals surface area contributed by atoms with Crippen molar-refractivity contribution in [2.24, 2.45) is 5.73 Å². The zero-order valence-corrected chi connectivity index (χ0v) is 11.4. The molecule has 0 bridgehead atoms. The Morgan fingerprint density at radius 2 is 1.83 bits per heavy atom. The summed E-state index contributed by atoms with van der Waals surface area (Å²) in [6.07, 6.45) is 1.15. The minimum absolute atomic E-state index is 0.736. The van der Waals surface area contributed by atoms with E-state index in [0.29, 0.717) is 0 Å². The van der Waals surface area contributed by atoms with E-state index in [0.717, 1.165) is 63.0 Å². The number of rotatable bonds is 3. The van der Waals surface area contributed by atoms with Gasteiger partial charge in [0.15, 0.2) is 0 Å². The molecule has 1 aromatic heterocycles. The summed E-state index contributed by atoms with van der Waals surface area (Å²) in [5.74, 6) is 0.877. The van der Waals surface area contributed by atoms with Gasteiger partial charge < -0.3 is 15.5 Å². The number of aromatic nitrogens is 2. The Labute approximate surface area is 109 Å². The SMILES string of the molecule is Cc1cc(C)nc(N2CCCN(CCN)CC2)n1. The van der Waals surface area contributed by atoms with Crippen LogP contribution in [-0.4, -0.2) is 54.1 Å². The summed E-state index contributed by atoms with van der Waals surface area (Å²) < 4.78 is 0. The summed E-state index contributed by atoms with van der Waals surface area (Å²) >= 11 is 0. The van der Waals surface area contributed by atoms with Crippen molar-refractivity contribution in [2.45, 2.75) is 20.3 Å². The Kier molecular flexibility index (Phi) is 4.49. The highest BCUT2D eigenvalue weighted by molar-refractivity contribution is 5.32. The van der Waals surface area contributed by atoms with E-state index in [1.165, 1.54) is 0 Å². The van der Waals surface area contributed by atoms with Crippen LogP contribution in [-0.2, 0) is 0 Å². The zero-order valence-electron chi connectivity index (χ0n) is 11.4. The second-order valence-corrected chi connectivity index (χ2v) is 4.92. The van der Waals surface area contributed by atoms with Crippen LogP contribution >= 0.6 is 0 Å². The molecular weight excluding hydrogens is 226 g/mol. The highest BCUT2D eigenvalue weighted by atomic mass is 15.3. The zero-order chi connectivity index (χ0) is 13.0. The molecule has 2 rings (SSSR count). The summed E-state index contributed by atoms with van der Waals surface area (Å²) in [7, 11) is 0. The lowest BCUT2D eigenvalue weighted by atomic mass is 10.3. The van der Waals surface area contributed by atoms with Crippen molar-refractivity contribution in [3.8, 4) is 0 Å². The Balaban J connectivity index is 2.05. The molecule has 0 aliphatic carbocycles. The molecule has 0 amide bonds. The molecule has 1 aliphatic heterocycles. The topological polar surface area (TPSA) is 58.3 Å². The Bertz CT molecular complexity index is 373. The van der Waals surface area contributed by atoms with Crippen molar-refractivity contribution in [1.29, 1.82) is 0 Å². The fourth-order valence-corrected chi connectivity index (χ4v) is 2.43. The molecule has 1 fully saturated rings. The Morgan fingerprint density at radius 1 is 1.11 bits per heavy atom. The van der Waals surface area contributed by atoms with Crippen LogP contribution in [0.15, 0.2) is 6.07 Å². The van der Waals surface area contributed by atoms with E-state index in [2.05, 4.69) is 19.8 Å². The fourth-order valence-electron chi connectivity index (χ4n) is 2.43. The van der Waals surface area contributed by atoms with Gasteiger partial charge in [0.05, 0.1) is 0 Å².